The summed E-state index contributed by atoms with van der Waals surface area (Å²) in [4.78, 5) is 25.2. The Morgan fingerprint density at radius 2 is 2.22 bits per heavy atom. The predicted molar refractivity (Wildman–Crippen MR) is 83.3 cm³/mol. The van der Waals surface area contributed by atoms with E-state index in [0.29, 0.717) is 12.8 Å². The summed E-state index contributed by atoms with van der Waals surface area (Å²) in [6.45, 7) is 5.48. The van der Waals surface area contributed by atoms with Crippen molar-refractivity contribution in [2.45, 2.75) is 25.8 Å². The molecule has 126 valence electrons. The molecule has 1 aromatic rings. The molecule has 23 heavy (non-hydrogen) atoms. The Hall–Kier alpha value is -2.09. The van der Waals surface area contributed by atoms with E-state index in [1.54, 1.807) is 6.92 Å². The van der Waals surface area contributed by atoms with Gasteiger partial charge >= 0.3 is 5.97 Å². The average Bonchev–Trinajstić information content (AvgIpc) is 3.07. The van der Waals surface area contributed by atoms with Gasteiger partial charge in [0.2, 0.25) is 0 Å². The third-order valence-corrected chi connectivity index (χ3v) is 5.56. The van der Waals surface area contributed by atoms with Crippen molar-refractivity contribution in [3.8, 4) is 0 Å². The van der Waals surface area contributed by atoms with E-state index in [-0.39, 0.29) is 35.1 Å². The molecular weight excluding hydrogens is 322 g/mol. The highest BCUT2D eigenvalue weighted by atomic mass is 32.2. The van der Waals surface area contributed by atoms with Crippen LogP contribution in [0.3, 0.4) is 0 Å². The molecular formula is C15H19NO6S. The number of rotatable bonds is 6. The lowest BCUT2D eigenvalue weighted by Gasteiger charge is -2.26. The Kier molecular flexibility index (Phi) is 4.93. The number of carboxylic acids is 1. The molecule has 1 aliphatic heterocycles. The highest BCUT2D eigenvalue weighted by molar-refractivity contribution is 7.91. The van der Waals surface area contributed by atoms with Crippen molar-refractivity contribution in [3.63, 3.8) is 0 Å². The van der Waals surface area contributed by atoms with Gasteiger partial charge in [0.25, 0.3) is 5.91 Å². The number of amides is 1. The molecule has 0 aromatic carbocycles. The number of hydrogen-bond acceptors (Lipinski definition) is 5. The summed E-state index contributed by atoms with van der Waals surface area (Å²) in [5.41, 5.74) is -0.0477. The second-order valence-corrected chi connectivity index (χ2v) is 7.64. The lowest BCUT2D eigenvalue weighted by Crippen LogP contribution is -2.41. The molecule has 8 heteroatoms. The number of carbonyl (C=O) groups is 2. The number of hydrogen-bond donors (Lipinski definition) is 1. The molecule has 1 saturated heterocycles. The van der Waals surface area contributed by atoms with E-state index in [2.05, 4.69) is 6.58 Å². The zero-order valence-electron chi connectivity index (χ0n) is 12.8. The molecule has 2 heterocycles. The number of sulfone groups is 1. The molecule has 1 unspecified atom stereocenters. The van der Waals surface area contributed by atoms with E-state index in [9.17, 15) is 18.0 Å². The maximum absolute atomic E-state index is 12.6. The van der Waals surface area contributed by atoms with Crippen molar-refractivity contribution < 1.29 is 27.5 Å². The van der Waals surface area contributed by atoms with Crippen LogP contribution in [-0.4, -0.2) is 54.4 Å². The molecule has 0 spiro atoms. The molecule has 2 rings (SSSR count). The molecule has 0 aliphatic carbocycles. The monoisotopic (exact) mass is 341 g/mol. The molecule has 7 nitrogen and oxygen atoms in total. The van der Waals surface area contributed by atoms with Crippen LogP contribution in [0.5, 0.6) is 0 Å². The summed E-state index contributed by atoms with van der Waals surface area (Å²) < 4.78 is 28.6. The smallest absolute Gasteiger partial charge is 0.339 e. The first-order valence-electron chi connectivity index (χ1n) is 7.27. The molecule has 1 N–H and O–H groups in total. The lowest BCUT2D eigenvalue weighted by molar-refractivity contribution is 0.0679. The Balaban J connectivity index is 2.31. The highest BCUT2D eigenvalue weighted by Gasteiger charge is 2.35. The van der Waals surface area contributed by atoms with Gasteiger partial charge in [-0.3, -0.25) is 4.79 Å². The molecule has 0 bridgehead atoms. The van der Waals surface area contributed by atoms with Crippen LogP contribution in [0.2, 0.25) is 0 Å². The topological polar surface area (TPSA) is 105 Å². The maximum atomic E-state index is 12.6. The maximum Gasteiger partial charge on any atom is 0.339 e. The van der Waals surface area contributed by atoms with Gasteiger partial charge in [-0.15, -0.1) is 6.58 Å². The molecule has 1 fully saturated rings. The van der Waals surface area contributed by atoms with Gasteiger partial charge in [0.15, 0.2) is 15.6 Å². The van der Waals surface area contributed by atoms with Crippen molar-refractivity contribution >= 4 is 21.7 Å². The third-order valence-electron chi connectivity index (χ3n) is 3.81. The van der Waals surface area contributed by atoms with Crippen molar-refractivity contribution in [1.82, 2.24) is 4.90 Å². The zero-order chi connectivity index (χ0) is 17.2. The molecule has 1 amide bonds. The summed E-state index contributed by atoms with van der Waals surface area (Å²) in [6.07, 6.45) is 2.20. The van der Waals surface area contributed by atoms with Gasteiger partial charge in [-0.05, 0) is 6.42 Å². The van der Waals surface area contributed by atoms with Gasteiger partial charge in [0, 0.05) is 25.1 Å². The van der Waals surface area contributed by atoms with E-state index < -0.39 is 27.8 Å². The quantitative estimate of drug-likeness (QED) is 0.783. The predicted octanol–water partition coefficient (Wildman–Crippen LogP) is 1.36. The first-order valence-corrected chi connectivity index (χ1v) is 9.09. The standard InChI is InChI=1S/C15H19NO6S/c1-3-6-16(10-5-7-23(20,21)9-10)14(17)13-8-11(15(18)19)12(4-2)22-13/h3,8,10H,1,4-7,9H2,2H3,(H,18,19). The summed E-state index contributed by atoms with van der Waals surface area (Å²) in [7, 11) is -3.15. The van der Waals surface area contributed by atoms with Crippen LogP contribution in [0.15, 0.2) is 23.1 Å². The van der Waals surface area contributed by atoms with E-state index in [4.69, 9.17) is 9.52 Å². The number of nitrogens with zero attached hydrogens (tertiary/aromatic N) is 1. The minimum absolute atomic E-state index is 0.0390. The van der Waals surface area contributed by atoms with E-state index in [1.165, 1.54) is 17.0 Å². The number of furan rings is 1. The first-order chi connectivity index (χ1) is 10.8. The molecule has 1 atom stereocenters. The van der Waals surface area contributed by atoms with Crippen molar-refractivity contribution in [2.75, 3.05) is 18.1 Å². The Morgan fingerprint density at radius 1 is 1.52 bits per heavy atom. The number of aromatic carboxylic acids is 1. The van der Waals surface area contributed by atoms with E-state index in [1.807, 2.05) is 0 Å². The van der Waals surface area contributed by atoms with Gasteiger partial charge < -0.3 is 14.4 Å². The van der Waals surface area contributed by atoms with Gasteiger partial charge in [0.05, 0.1) is 11.5 Å². The highest BCUT2D eigenvalue weighted by Crippen LogP contribution is 2.23. The lowest BCUT2D eigenvalue weighted by atomic mass is 10.2. The van der Waals surface area contributed by atoms with Crippen LogP contribution in [0.25, 0.3) is 0 Å². The van der Waals surface area contributed by atoms with Crippen LogP contribution in [-0.2, 0) is 16.3 Å². The Bertz CT molecular complexity index is 733. The van der Waals surface area contributed by atoms with Crippen LogP contribution in [0, 0.1) is 0 Å². The van der Waals surface area contributed by atoms with Gasteiger partial charge in [-0.2, -0.15) is 0 Å². The van der Waals surface area contributed by atoms with Crippen LogP contribution >= 0.6 is 0 Å². The van der Waals surface area contributed by atoms with Crippen LogP contribution in [0.4, 0.5) is 0 Å². The molecule has 0 saturated carbocycles. The van der Waals surface area contributed by atoms with Gasteiger partial charge in [-0.25, -0.2) is 13.2 Å². The fraction of sp³-hybridized carbons (Fsp3) is 0.467. The SMILES string of the molecule is C=CCN(C(=O)c1cc(C(=O)O)c(CC)o1)C1CCS(=O)(=O)C1. The summed E-state index contributed by atoms with van der Waals surface area (Å²) in [5.74, 6) is -1.61. The normalized spacial score (nSPS) is 19.4. The number of aryl methyl sites for hydroxylation is 1. The second-order valence-electron chi connectivity index (χ2n) is 5.41. The van der Waals surface area contributed by atoms with Crippen LogP contribution < -0.4 is 0 Å². The summed E-state index contributed by atoms with van der Waals surface area (Å²) in [5, 5.41) is 9.13. The zero-order valence-corrected chi connectivity index (χ0v) is 13.6. The van der Waals surface area contributed by atoms with Gasteiger partial charge in [0.1, 0.15) is 11.3 Å². The fourth-order valence-electron chi connectivity index (χ4n) is 2.68. The Labute approximate surface area is 134 Å². The van der Waals surface area contributed by atoms with Gasteiger partial charge in [-0.1, -0.05) is 13.0 Å². The largest absolute Gasteiger partial charge is 0.478 e. The number of carbonyl (C=O) groups excluding carboxylic acids is 1. The number of carboxylic acid groups (broad SMARTS) is 1. The fourth-order valence-corrected chi connectivity index (χ4v) is 4.41. The van der Waals surface area contributed by atoms with E-state index >= 15 is 0 Å². The van der Waals surface area contributed by atoms with Crippen LogP contribution in [0.1, 0.15) is 40.0 Å². The third kappa shape index (κ3) is 3.64. The minimum atomic E-state index is -3.15. The van der Waals surface area contributed by atoms with Crippen molar-refractivity contribution in [2.24, 2.45) is 0 Å². The van der Waals surface area contributed by atoms with Crippen molar-refractivity contribution in [1.29, 1.82) is 0 Å². The summed E-state index contributed by atoms with van der Waals surface area (Å²) in [6, 6.07) is 0.747. The summed E-state index contributed by atoms with van der Waals surface area (Å²) >= 11 is 0. The Morgan fingerprint density at radius 3 is 2.65 bits per heavy atom. The van der Waals surface area contributed by atoms with Crippen molar-refractivity contribution in [3.05, 3.63) is 35.8 Å². The molecule has 0 radical (unpaired) electrons. The molecule has 1 aliphatic rings. The minimum Gasteiger partial charge on any atom is -0.478 e. The second kappa shape index (κ2) is 6.57. The first kappa shape index (κ1) is 17.3. The molecule has 1 aromatic heterocycles. The van der Waals surface area contributed by atoms with E-state index in [0.717, 1.165) is 0 Å². The average molecular weight is 341 g/mol.